The highest BCUT2D eigenvalue weighted by molar-refractivity contribution is 5.57. The van der Waals surface area contributed by atoms with E-state index >= 15 is 0 Å². The average Bonchev–Trinajstić information content (AvgIpc) is 2.18. The van der Waals surface area contributed by atoms with Crippen LogP contribution in [0.2, 0.25) is 0 Å². The van der Waals surface area contributed by atoms with Gasteiger partial charge in [-0.05, 0) is 24.5 Å². The van der Waals surface area contributed by atoms with Gasteiger partial charge in [-0.2, -0.15) is 0 Å². The second-order valence-corrected chi connectivity index (χ2v) is 3.61. The monoisotopic (exact) mass is 186 g/mol. The number of hydrogen-bond acceptors (Lipinski definition) is 0. The zero-order valence-electron chi connectivity index (χ0n) is 9.09. The Hall–Kier alpha value is -1.30. The van der Waals surface area contributed by atoms with Crippen LogP contribution < -0.4 is 0 Å². The van der Waals surface area contributed by atoms with Crippen LogP contribution in [0, 0.1) is 0 Å². The van der Waals surface area contributed by atoms with E-state index in [1.807, 2.05) is 6.07 Å². The van der Waals surface area contributed by atoms with Crippen molar-refractivity contribution in [3.63, 3.8) is 0 Å². The molecule has 74 valence electrons. The van der Waals surface area contributed by atoms with E-state index < -0.39 is 0 Å². The molecule has 0 amide bonds. The lowest BCUT2D eigenvalue weighted by Crippen LogP contribution is -1.84. The van der Waals surface area contributed by atoms with Crippen LogP contribution in [0.1, 0.15) is 32.3 Å². The summed E-state index contributed by atoms with van der Waals surface area (Å²) in [6.45, 7) is 8.27. The predicted octanol–water partition coefficient (Wildman–Crippen LogP) is 4.45. The van der Waals surface area contributed by atoms with E-state index in [1.165, 1.54) is 23.1 Å². The fourth-order valence-corrected chi connectivity index (χ4v) is 1.43. The minimum absolute atomic E-state index is 1.12. The highest BCUT2D eigenvalue weighted by Gasteiger charge is 1.96. The van der Waals surface area contributed by atoms with Gasteiger partial charge in [0.2, 0.25) is 0 Å². The van der Waals surface area contributed by atoms with Gasteiger partial charge in [-0.3, -0.25) is 0 Å². The molecule has 0 nitrogen and oxygen atoms in total. The van der Waals surface area contributed by atoms with Crippen LogP contribution >= 0.6 is 0 Å². The van der Waals surface area contributed by atoms with E-state index in [4.69, 9.17) is 0 Å². The van der Waals surface area contributed by atoms with Crippen molar-refractivity contribution >= 4 is 6.08 Å². The molecule has 0 heteroatoms. The Morgan fingerprint density at radius 3 is 2.43 bits per heavy atom. The summed E-state index contributed by atoms with van der Waals surface area (Å²) >= 11 is 0. The Morgan fingerprint density at radius 1 is 1.29 bits per heavy atom. The van der Waals surface area contributed by atoms with E-state index in [2.05, 4.69) is 50.8 Å². The maximum Gasteiger partial charge on any atom is -0.0254 e. The van der Waals surface area contributed by atoms with Gasteiger partial charge in [-0.25, -0.2) is 0 Å². The SMILES string of the molecule is C=C(C)C(=Cc1ccccc1)CCC. The fraction of sp³-hybridized carbons (Fsp3) is 0.286. The van der Waals surface area contributed by atoms with Crippen LogP contribution in [0.4, 0.5) is 0 Å². The van der Waals surface area contributed by atoms with Gasteiger partial charge >= 0.3 is 0 Å². The molecule has 1 rings (SSSR count). The molecule has 0 fully saturated rings. The van der Waals surface area contributed by atoms with Crippen molar-refractivity contribution in [1.29, 1.82) is 0 Å². The summed E-state index contributed by atoms with van der Waals surface area (Å²) in [6, 6.07) is 10.4. The quantitative estimate of drug-likeness (QED) is 0.609. The Bertz CT molecular complexity index is 317. The maximum atomic E-state index is 4.00. The van der Waals surface area contributed by atoms with Gasteiger partial charge < -0.3 is 0 Å². The molecule has 0 heterocycles. The first-order valence-corrected chi connectivity index (χ1v) is 5.15. The molecular weight excluding hydrogens is 168 g/mol. The van der Waals surface area contributed by atoms with Crippen molar-refractivity contribution in [3.8, 4) is 0 Å². The summed E-state index contributed by atoms with van der Waals surface area (Å²) in [5, 5.41) is 0. The Labute approximate surface area is 87.0 Å². The smallest absolute Gasteiger partial charge is 0.0254 e. The Kier molecular flexibility index (Phi) is 4.18. The highest BCUT2D eigenvalue weighted by atomic mass is 14.0. The number of rotatable bonds is 4. The summed E-state index contributed by atoms with van der Waals surface area (Å²) in [5.41, 5.74) is 3.80. The minimum Gasteiger partial charge on any atom is -0.0958 e. The molecule has 1 aromatic rings. The zero-order valence-corrected chi connectivity index (χ0v) is 9.09. The Balaban J connectivity index is 2.88. The Morgan fingerprint density at radius 2 is 1.93 bits per heavy atom. The standard InChI is InChI=1S/C14H18/c1-4-8-14(12(2)3)11-13-9-6-5-7-10-13/h5-7,9-11H,2,4,8H2,1,3H3. The number of allylic oxidation sites excluding steroid dienone is 2. The topological polar surface area (TPSA) is 0 Å². The van der Waals surface area contributed by atoms with Gasteiger partial charge in [-0.1, -0.05) is 61.9 Å². The normalized spacial score (nSPS) is 11.4. The average molecular weight is 186 g/mol. The third-order valence-corrected chi connectivity index (χ3v) is 2.21. The predicted molar refractivity (Wildman–Crippen MR) is 64.1 cm³/mol. The highest BCUT2D eigenvalue weighted by Crippen LogP contribution is 2.17. The van der Waals surface area contributed by atoms with Crippen molar-refractivity contribution in [3.05, 3.63) is 53.6 Å². The zero-order chi connectivity index (χ0) is 10.4. The first kappa shape index (κ1) is 10.8. The maximum absolute atomic E-state index is 4.00. The van der Waals surface area contributed by atoms with Crippen LogP contribution in [0.25, 0.3) is 6.08 Å². The molecule has 14 heavy (non-hydrogen) atoms. The van der Waals surface area contributed by atoms with Crippen molar-refractivity contribution in [2.45, 2.75) is 26.7 Å². The van der Waals surface area contributed by atoms with Crippen molar-refractivity contribution < 1.29 is 0 Å². The minimum atomic E-state index is 1.12. The van der Waals surface area contributed by atoms with Crippen LogP contribution in [0.15, 0.2) is 48.1 Å². The summed E-state index contributed by atoms with van der Waals surface area (Å²) in [5.74, 6) is 0. The van der Waals surface area contributed by atoms with Crippen molar-refractivity contribution in [2.24, 2.45) is 0 Å². The van der Waals surface area contributed by atoms with Crippen LogP contribution in [0.3, 0.4) is 0 Å². The fourth-order valence-electron chi connectivity index (χ4n) is 1.43. The molecule has 0 bridgehead atoms. The number of benzene rings is 1. The molecule has 0 aliphatic carbocycles. The summed E-state index contributed by atoms with van der Waals surface area (Å²) in [7, 11) is 0. The van der Waals surface area contributed by atoms with Gasteiger partial charge in [0.1, 0.15) is 0 Å². The lowest BCUT2D eigenvalue weighted by atomic mass is 10.0. The van der Waals surface area contributed by atoms with Gasteiger partial charge in [0, 0.05) is 0 Å². The van der Waals surface area contributed by atoms with E-state index in [0.29, 0.717) is 0 Å². The van der Waals surface area contributed by atoms with E-state index in [-0.39, 0.29) is 0 Å². The van der Waals surface area contributed by atoms with Gasteiger partial charge in [0.25, 0.3) is 0 Å². The summed E-state index contributed by atoms with van der Waals surface area (Å²) in [4.78, 5) is 0. The molecule has 0 radical (unpaired) electrons. The molecule has 0 aliphatic heterocycles. The third kappa shape index (κ3) is 3.21. The van der Waals surface area contributed by atoms with Crippen molar-refractivity contribution in [2.75, 3.05) is 0 Å². The lowest BCUT2D eigenvalue weighted by molar-refractivity contribution is 0.918. The van der Waals surface area contributed by atoms with E-state index in [0.717, 1.165) is 6.42 Å². The molecular formula is C14H18. The second kappa shape index (κ2) is 5.43. The van der Waals surface area contributed by atoms with E-state index in [9.17, 15) is 0 Å². The van der Waals surface area contributed by atoms with Crippen molar-refractivity contribution in [1.82, 2.24) is 0 Å². The second-order valence-electron chi connectivity index (χ2n) is 3.61. The van der Waals surface area contributed by atoms with Crippen LogP contribution in [-0.2, 0) is 0 Å². The molecule has 0 unspecified atom stereocenters. The summed E-state index contributed by atoms with van der Waals surface area (Å²) in [6.07, 6.45) is 4.52. The van der Waals surface area contributed by atoms with Crippen LogP contribution in [-0.4, -0.2) is 0 Å². The van der Waals surface area contributed by atoms with E-state index in [1.54, 1.807) is 0 Å². The molecule has 0 aliphatic rings. The molecule has 1 aromatic carbocycles. The largest absolute Gasteiger partial charge is 0.0958 e. The molecule has 0 spiro atoms. The molecule has 0 aromatic heterocycles. The number of hydrogen-bond donors (Lipinski definition) is 0. The molecule has 0 saturated carbocycles. The van der Waals surface area contributed by atoms with Crippen LogP contribution in [0.5, 0.6) is 0 Å². The summed E-state index contributed by atoms with van der Waals surface area (Å²) < 4.78 is 0. The first-order valence-electron chi connectivity index (χ1n) is 5.15. The van der Waals surface area contributed by atoms with Gasteiger partial charge in [0.05, 0.1) is 0 Å². The van der Waals surface area contributed by atoms with Gasteiger partial charge in [0.15, 0.2) is 0 Å². The van der Waals surface area contributed by atoms with Gasteiger partial charge in [-0.15, -0.1) is 0 Å². The third-order valence-electron chi connectivity index (χ3n) is 2.21. The molecule has 0 atom stereocenters. The molecule has 0 saturated heterocycles. The first-order chi connectivity index (χ1) is 6.74. The molecule has 0 N–H and O–H groups in total. The lowest BCUT2D eigenvalue weighted by Gasteiger charge is -2.05.